The molecule has 3 aromatic rings. The third-order valence-corrected chi connectivity index (χ3v) is 4.48. The number of benzene rings is 2. The molecule has 1 amide bonds. The highest BCUT2D eigenvalue weighted by Crippen LogP contribution is 2.24. The van der Waals surface area contributed by atoms with Gasteiger partial charge in [0, 0.05) is 5.39 Å². The first-order valence-electron chi connectivity index (χ1n) is 9.06. The van der Waals surface area contributed by atoms with Crippen LogP contribution in [0.1, 0.15) is 32.0 Å². The second kappa shape index (κ2) is 9.04. The molecular formula is C22H20N2O6. The number of hydrogen-bond donors (Lipinski definition) is 1. The summed E-state index contributed by atoms with van der Waals surface area (Å²) in [7, 11) is 1.27. The van der Waals surface area contributed by atoms with Gasteiger partial charge in [-0.2, -0.15) is 0 Å². The number of methoxy groups -OCH3 is 1. The van der Waals surface area contributed by atoms with Crippen LogP contribution >= 0.6 is 0 Å². The molecule has 0 aliphatic rings. The van der Waals surface area contributed by atoms with Crippen molar-refractivity contribution in [3.8, 4) is 5.75 Å². The van der Waals surface area contributed by atoms with Gasteiger partial charge in [0.1, 0.15) is 12.4 Å². The van der Waals surface area contributed by atoms with E-state index in [2.05, 4.69) is 4.98 Å². The molecule has 3 rings (SSSR count). The second-order valence-electron chi connectivity index (χ2n) is 6.38. The molecule has 0 saturated carbocycles. The highest BCUT2D eigenvalue weighted by Gasteiger charge is 2.20. The van der Waals surface area contributed by atoms with Crippen molar-refractivity contribution in [1.29, 1.82) is 0 Å². The Morgan fingerprint density at radius 3 is 2.47 bits per heavy atom. The van der Waals surface area contributed by atoms with E-state index in [-0.39, 0.29) is 29.2 Å². The van der Waals surface area contributed by atoms with Crippen molar-refractivity contribution in [2.45, 2.75) is 13.5 Å². The summed E-state index contributed by atoms with van der Waals surface area (Å²) in [6.07, 6.45) is 0. The molecule has 0 fully saturated rings. The Bertz CT molecular complexity index is 1130. The predicted octanol–water partition coefficient (Wildman–Crippen LogP) is 2.55. The summed E-state index contributed by atoms with van der Waals surface area (Å²) >= 11 is 0. The molecule has 0 bridgehead atoms. The molecule has 2 aromatic carbocycles. The maximum Gasteiger partial charge on any atom is 0.344 e. The standard InChI is InChI=1S/C22H20N2O6/c1-13-14-7-3-5-9-16(14)24-17(20(13)22(27)28-2)11-30-19(25)12-29-18-10-6-4-8-15(18)21(23)26/h3-10H,11-12H2,1-2H3,(H2,23,26). The predicted molar refractivity (Wildman–Crippen MR) is 108 cm³/mol. The van der Waals surface area contributed by atoms with Crippen molar-refractivity contribution >= 4 is 28.7 Å². The monoisotopic (exact) mass is 408 g/mol. The van der Waals surface area contributed by atoms with Crippen LogP contribution in [0.2, 0.25) is 0 Å². The Hall–Kier alpha value is -3.94. The van der Waals surface area contributed by atoms with Crippen LogP contribution in [0.4, 0.5) is 0 Å². The Kier molecular flexibility index (Phi) is 6.26. The number of hydrogen-bond acceptors (Lipinski definition) is 7. The van der Waals surface area contributed by atoms with Gasteiger partial charge < -0.3 is 19.9 Å². The van der Waals surface area contributed by atoms with E-state index in [4.69, 9.17) is 19.9 Å². The normalized spacial score (nSPS) is 10.5. The third-order valence-electron chi connectivity index (χ3n) is 4.48. The summed E-state index contributed by atoms with van der Waals surface area (Å²) in [5.41, 5.74) is 7.33. The third kappa shape index (κ3) is 4.38. The van der Waals surface area contributed by atoms with Gasteiger partial charge in [0.2, 0.25) is 0 Å². The Labute approximate surface area is 172 Å². The lowest BCUT2D eigenvalue weighted by Crippen LogP contribution is -2.19. The number of nitrogens with two attached hydrogens (primary N) is 1. The number of aromatic nitrogens is 1. The molecule has 1 heterocycles. The Morgan fingerprint density at radius 2 is 1.73 bits per heavy atom. The summed E-state index contributed by atoms with van der Waals surface area (Å²) in [4.78, 5) is 40.3. The van der Waals surface area contributed by atoms with Gasteiger partial charge in [-0.25, -0.2) is 14.6 Å². The van der Waals surface area contributed by atoms with Crippen LogP contribution in [0.5, 0.6) is 5.75 Å². The summed E-state index contributed by atoms with van der Waals surface area (Å²) in [5.74, 6) is -1.75. The minimum absolute atomic E-state index is 0.157. The maximum atomic E-state index is 12.3. The lowest BCUT2D eigenvalue weighted by molar-refractivity contribution is -0.147. The molecular weight excluding hydrogens is 388 g/mol. The number of esters is 2. The van der Waals surface area contributed by atoms with E-state index in [0.29, 0.717) is 11.1 Å². The molecule has 1 aromatic heterocycles. The number of ether oxygens (including phenoxy) is 3. The molecule has 0 atom stereocenters. The molecule has 2 N–H and O–H groups in total. The van der Waals surface area contributed by atoms with Gasteiger partial charge >= 0.3 is 11.9 Å². The van der Waals surface area contributed by atoms with E-state index in [1.807, 2.05) is 18.2 Å². The fourth-order valence-corrected chi connectivity index (χ4v) is 3.04. The molecule has 8 nitrogen and oxygen atoms in total. The number of carbonyl (C=O) groups is 3. The zero-order valence-corrected chi connectivity index (χ0v) is 16.5. The SMILES string of the molecule is COC(=O)c1c(COC(=O)COc2ccccc2C(N)=O)nc2ccccc2c1C. The van der Waals surface area contributed by atoms with Crippen molar-refractivity contribution in [3.05, 3.63) is 70.9 Å². The van der Waals surface area contributed by atoms with Crippen LogP contribution in [0.25, 0.3) is 10.9 Å². The average Bonchev–Trinajstić information content (AvgIpc) is 2.76. The van der Waals surface area contributed by atoms with Gasteiger partial charge in [-0.05, 0) is 30.7 Å². The van der Waals surface area contributed by atoms with Crippen molar-refractivity contribution < 1.29 is 28.6 Å². The number of pyridine rings is 1. The number of amides is 1. The van der Waals surface area contributed by atoms with Gasteiger partial charge in [-0.15, -0.1) is 0 Å². The number of para-hydroxylation sites is 2. The minimum atomic E-state index is -0.697. The lowest BCUT2D eigenvalue weighted by atomic mass is 10.0. The fraction of sp³-hybridized carbons (Fsp3) is 0.182. The second-order valence-corrected chi connectivity index (χ2v) is 6.38. The van der Waals surface area contributed by atoms with Crippen LogP contribution in [-0.2, 0) is 20.9 Å². The first kappa shape index (κ1) is 20.8. The van der Waals surface area contributed by atoms with E-state index in [1.165, 1.54) is 19.2 Å². The smallest absolute Gasteiger partial charge is 0.344 e. The molecule has 0 saturated heterocycles. The molecule has 0 radical (unpaired) electrons. The number of carbonyl (C=O) groups excluding carboxylic acids is 3. The molecule has 0 spiro atoms. The lowest BCUT2D eigenvalue weighted by Gasteiger charge is -2.14. The number of aryl methyl sites for hydroxylation is 1. The highest BCUT2D eigenvalue weighted by molar-refractivity contribution is 5.98. The zero-order chi connectivity index (χ0) is 21.7. The molecule has 0 aliphatic carbocycles. The van der Waals surface area contributed by atoms with Crippen LogP contribution in [0, 0.1) is 6.92 Å². The highest BCUT2D eigenvalue weighted by atomic mass is 16.6. The van der Waals surface area contributed by atoms with Gasteiger partial charge in [0.15, 0.2) is 6.61 Å². The van der Waals surface area contributed by atoms with Gasteiger partial charge in [0.05, 0.1) is 29.4 Å². The van der Waals surface area contributed by atoms with E-state index < -0.39 is 24.5 Å². The minimum Gasteiger partial charge on any atom is -0.481 e. The van der Waals surface area contributed by atoms with Gasteiger partial charge in [0.25, 0.3) is 5.91 Å². The van der Waals surface area contributed by atoms with Crippen molar-refractivity contribution in [2.24, 2.45) is 5.73 Å². The fourth-order valence-electron chi connectivity index (χ4n) is 3.04. The van der Waals surface area contributed by atoms with Crippen LogP contribution < -0.4 is 10.5 Å². The van der Waals surface area contributed by atoms with E-state index in [9.17, 15) is 14.4 Å². The quantitative estimate of drug-likeness (QED) is 0.597. The number of primary amides is 1. The molecule has 154 valence electrons. The number of nitrogens with zero attached hydrogens (tertiary/aromatic N) is 1. The zero-order valence-electron chi connectivity index (χ0n) is 16.5. The number of fused-ring (bicyclic) bond motifs is 1. The van der Waals surface area contributed by atoms with Crippen LogP contribution in [0.15, 0.2) is 48.5 Å². The molecule has 8 heteroatoms. The summed E-state index contributed by atoms with van der Waals surface area (Å²) in [6, 6.07) is 13.6. The molecule has 30 heavy (non-hydrogen) atoms. The number of rotatable bonds is 7. The Morgan fingerprint density at radius 1 is 1.03 bits per heavy atom. The average molecular weight is 408 g/mol. The first-order chi connectivity index (χ1) is 14.4. The summed E-state index contributed by atoms with van der Waals surface area (Å²) in [6.45, 7) is 1.10. The van der Waals surface area contributed by atoms with Crippen molar-refractivity contribution in [2.75, 3.05) is 13.7 Å². The van der Waals surface area contributed by atoms with Gasteiger partial charge in [-0.3, -0.25) is 4.79 Å². The van der Waals surface area contributed by atoms with Gasteiger partial charge in [-0.1, -0.05) is 30.3 Å². The van der Waals surface area contributed by atoms with Crippen LogP contribution in [-0.4, -0.2) is 36.5 Å². The first-order valence-corrected chi connectivity index (χ1v) is 9.06. The maximum absolute atomic E-state index is 12.3. The molecule has 0 unspecified atom stereocenters. The van der Waals surface area contributed by atoms with E-state index >= 15 is 0 Å². The Balaban J connectivity index is 1.76. The van der Waals surface area contributed by atoms with Crippen molar-refractivity contribution in [1.82, 2.24) is 4.98 Å². The largest absolute Gasteiger partial charge is 0.481 e. The van der Waals surface area contributed by atoms with Crippen LogP contribution in [0.3, 0.4) is 0 Å². The topological polar surface area (TPSA) is 118 Å². The van der Waals surface area contributed by atoms with Crippen molar-refractivity contribution in [3.63, 3.8) is 0 Å². The van der Waals surface area contributed by atoms with E-state index in [1.54, 1.807) is 25.1 Å². The molecule has 0 aliphatic heterocycles. The van der Waals surface area contributed by atoms with E-state index in [0.717, 1.165) is 5.39 Å². The summed E-state index contributed by atoms with van der Waals surface area (Å²) in [5, 5.41) is 0.805. The summed E-state index contributed by atoms with van der Waals surface area (Å²) < 4.78 is 15.5.